The zero-order valence-corrected chi connectivity index (χ0v) is 16.6. The molecule has 0 amide bonds. The summed E-state index contributed by atoms with van der Waals surface area (Å²) in [4.78, 5) is 43.1. The van der Waals surface area contributed by atoms with Crippen LogP contribution in [0.25, 0.3) is 0 Å². The summed E-state index contributed by atoms with van der Waals surface area (Å²) in [5.74, 6) is 0. The van der Waals surface area contributed by atoms with E-state index in [4.69, 9.17) is 59.6 Å². The minimum absolute atomic E-state index is 0. The van der Waals surface area contributed by atoms with Crippen molar-refractivity contribution in [3.63, 3.8) is 0 Å². The summed E-state index contributed by atoms with van der Waals surface area (Å²) in [6.45, 7) is 0. The molecule has 19 heteroatoms. The van der Waals surface area contributed by atoms with Gasteiger partial charge in [0.1, 0.15) is 0 Å². The van der Waals surface area contributed by atoms with E-state index in [-0.39, 0.29) is 17.1 Å². The first kappa shape index (κ1) is 32.3. The van der Waals surface area contributed by atoms with Gasteiger partial charge in [-0.3, -0.25) is 0 Å². The Bertz CT molecular complexity index is 333. The van der Waals surface area contributed by atoms with Gasteiger partial charge in [-0.25, -0.2) is 9.13 Å². The third kappa shape index (κ3) is 3740. The van der Waals surface area contributed by atoms with Crippen LogP contribution in [0.1, 0.15) is 0 Å². The molecule has 14 nitrogen and oxygen atoms in total. The summed E-state index contributed by atoms with van der Waals surface area (Å²) in [5.41, 5.74) is 0. The van der Waals surface area contributed by atoms with Gasteiger partial charge in [0.2, 0.25) is 0 Å². The zero-order chi connectivity index (χ0) is 16.2. The summed E-state index contributed by atoms with van der Waals surface area (Å²) < 4.78 is 69.4. The van der Waals surface area contributed by atoms with Crippen LogP contribution in [0.2, 0.25) is 0 Å². The van der Waals surface area contributed by atoms with E-state index in [1.165, 1.54) is 0 Å². The van der Waals surface area contributed by atoms with E-state index in [1.54, 1.807) is 0 Å². The summed E-state index contributed by atoms with van der Waals surface area (Å²) in [5, 5.41) is 0. The third-order valence-electron chi connectivity index (χ3n) is 0. The van der Waals surface area contributed by atoms with Gasteiger partial charge in [-0.2, -0.15) is 0 Å². The standard InChI is InChI=1S/Cu.2H3O4P.6O.2W/c;2*1-5(2,3)4;;;;;;;;/h;2*(H3,1,2,3,4);;;;;;;;/q+2;;;;;;;2*-1;;. The van der Waals surface area contributed by atoms with Gasteiger partial charge in [-0.15, -0.1) is 0 Å². The van der Waals surface area contributed by atoms with Crippen molar-refractivity contribution in [2.24, 2.45) is 0 Å². The van der Waals surface area contributed by atoms with Gasteiger partial charge < -0.3 is 29.4 Å². The number of rotatable bonds is 0. The summed E-state index contributed by atoms with van der Waals surface area (Å²) >= 11 is -8.56. The molecule has 0 spiro atoms. The van der Waals surface area contributed by atoms with E-state index in [0.29, 0.717) is 0 Å². The Hall–Kier alpha value is 1.24. The van der Waals surface area contributed by atoms with Crippen LogP contribution in [0.5, 0.6) is 0 Å². The molecule has 0 aromatic heterocycles. The molecule has 0 aromatic carbocycles. The second-order valence-corrected chi connectivity index (χ2v) is 6.42. The van der Waals surface area contributed by atoms with Gasteiger partial charge in [0, 0.05) is 0 Å². The molecule has 0 aliphatic heterocycles. The Labute approximate surface area is 127 Å². The van der Waals surface area contributed by atoms with Crippen LogP contribution in [-0.2, 0) is 75.0 Å². The molecular formula is H6CuO14P2W2. The molecule has 6 N–H and O–H groups in total. The Morgan fingerprint density at radius 2 is 0.632 bits per heavy atom. The zero-order valence-electron chi connectivity index (χ0n) is 7.96. The van der Waals surface area contributed by atoms with Gasteiger partial charge in [-0.05, 0) is 0 Å². The van der Waals surface area contributed by atoms with E-state index in [1.807, 2.05) is 0 Å². The maximum atomic E-state index is 8.88. The van der Waals surface area contributed by atoms with Crippen molar-refractivity contribution >= 4 is 15.6 Å². The molecule has 0 saturated carbocycles. The molecule has 0 saturated heterocycles. The summed E-state index contributed by atoms with van der Waals surface area (Å²) in [6, 6.07) is 0. The molecule has 0 aliphatic carbocycles. The third-order valence-corrected chi connectivity index (χ3v) is 0. The normalized spacial score (nSPS) is 8.84. The predicted molar refractivity (Wildman–Crippen MR) is 31.3 cm³/mol. The molecule has 0 heterocycles. The predicted octanol–water partition coefficient (Wildman–Crippen LogP) is -4.72. The first-order chi connectivity index (χ1) is 7.46. The SMILES string of the molecule is O=P(O)(O)O.O=P(O)(O)O.[Cu+2].[O]=[W](=[O])[O-].[O]=[W](=[O])[O-]. The molecule has 0 aliphatic rings. The second kappa shape index (κ2) is 17.3. The van der Waals surface area contributed by atoms with E-state index in [9.17, 15) is 0 Å². The molecular weight excluding hydrogens is 717 g/mol. The van der Waals surface area contributed by atoms with Crippen molar-refractivity contribution in [3.05, 3.63) is 0 Å². The Balaban J connectivity index is -0.0000000453. The van der Waals surface area contributed by atoms with Crippen LogP contribution >= 0.6 is 15.6 Å². The van der Waals surface area contributed by atoms with Crippen molar-refractivity contribution in [1.29, 1.82) is 0 Å². The van der Waals surface area contributed by atoms with Crippen molar-refractivity contribution in [3.8, 4) is 0 Å². The molecule has 19 heavy (non-hydrogen) atoms. The first-order valence-corrected chi connectivity index (χ1v) is 12.9. The quantitative estimate of drug-likeness (QED) is 0.101. The molecule has 0 unspecified atom stereocenters. The van der Waals surface area contributed by atoms with Crippen molar-refractivity contribution < 1.29 is 112 Å². The molecule has 0 bridgehead atoms. The van der Waals surface area contributed by atoms with E-state index in [0.717, 1.165) is 0 Å². The molecule has 0 aromatic rings. The van der Waals surface area contributed by atoms with Crippen LogP contribution < -0.4 is 7.52 Å². The fourth-order valence-electron chi connectivity index (χ4n) is 0. The Morgan fingerprint density at radius 3 is 0.632 bits per heavy atom. The fourth-order valence-corrected chi connectivity index (χ4v) is 0. The molecule has 0 rings (SSSR count). The fraction of sp³-hybridized carbons (Fsp3) is 0. The molecule has 1 radical (unpaired) electrons. The van der Waals surface area contributed by atoms with Crippen LogP contribution in [0.3, 0.4) is 0 Å². The van der Waals surface area contributed by atoms with Crippen molar-refractivity contribution in [1.82, 2.24) is 0 Å². The van der Waals surface area contributed by atoms with Gasteiger partial charge in [0.05, 0.1) is 0 Å². The number of hydrogen-bond acceptors (Lipinski definition) is 8. The van der Waals surface area contributed by atoms with E-state index in [2.05, 4.69) is 0 Å². The van der Waals surface area contributed by atoms with E-state index >= 15 is 0 Å². The summed E-state index contributed by atoms with van der Waals surface area (Å²) in [6.07, 6.45) is 0. The van der Waals surface area contributed by atoms with Gasteiger partial charge >= 0.3 is 89.1 Å². The van der Waals surface area contributed by atoms with Gasteiger partial charge in [-0.1, -0.05) is 0 Å². The number of phosphoric acid groups is 2. The minimum atomic E-state index is -4.64. The number of hydrogen-bond donors (Lipinski definition) is 6. The van der Waals surface area contributed by atoms with Gasteiger partial charge in [0.15, 0.2) is 0 Å². The average Bonchev–Trinajstić information content (AvgIpc) is 1.70. The Kier molecular flexibility index (Phi) is 29.3. The maximum absolute atomic E-state index is 8.88. The van der Waals surface area contributed by atoms with Crippen LogP contribution in [0.4, 0.5) is 0 Å². The van der Waals surface area contributed by atoms with E-state index < -0.39 is 50.9 Å². The van der Waals surface area contributed by atoms with Crippen LogP contribution in [0.15, 0.2) is 0 Å². The monoisotopic (exact) mass is 723 g/mol. The van der Waals surface area contributed by atoms with Crippen molar-refractivity contribution in [2.45, 2.75) is 0 Å². The molecule has 0 atom stereocenters. The topological polar surface area (TPSA) is 270 Å². The van der Waals surface area contributed by atoms with Crippen LogP contribution in [0, 0.1) is 0 Å². The van der Waals surface area contributed by atoms with Crippen molar-refractivity contribution in [2.75, 3.05) is 0 Å². The summed E-state index contributed by atoms with van der Waals surface area (Å²) in [7, 11) is -9.28. The molecule has 0 fully saturated rings. The van der Waals surface area contributed by atoms with Crippen LogP contribution in [-0.4, -0.2) is 29.4 Å². The second-order valence-electron chi connectivity index (χ2n) is 1.43. The van der Waals surface area contributed by atoms with Gasteiger partial charge in [0.25, 0.3) is 0 Å². The first-order valence-electron chi connectivity index (χ1n) is 2.57. The average molecular weight is 723 g/mol. The Morgan fingerprint density at radius 1 is 0.632 bits per heavy atom. The molecule has 123 valence electrons.